The van der Waals surface area contributed by atoms with Crippen molar-refractivity contribution in [1.82, 2.24) is 9.97 Å². The molecule has 0 bridgehead atoms. The molecule has 1 aromatic rings. The molecule has 1 aliphatic rings. The Morgan fingerprint density at radius 3 is 2.84 bits per heavy atom. The van der Waals surface area contributed by atoms with Gasteiger partial charge < -0.3 is 15.4 Å². The van der Waals surface area contributed by atoms with Crippen molar-refractivity contribution in [2.24, 2.45) is 0 Å². The molecular weight excluding hydrogens is 240 g/mol. The van der Waals surface area contributed by atoms with E-state index in [1.807, 2.05) is 6.07 Å². The zero-order valence-corrected chi connectivity index (χ0v) is 12.3. The van der Waals surface area contributed by atoms with E-state index in [0.29, 0.717) is 5.82 Å². The van der Waals surface area contributed by atoms with Gasteiger partial charge in [-0.05, 0) is 27.2 Å². The molecule has 1 aromatic heterocycles. The lowest BCUT2D eigenvalue weighted by Gasteiger charge is -2.42. The van der Waals surface area contributed by atoms with Crippen molar-refractivity contribution < 1.29 is 4.74 Å². The summed E-state index contributed by atoms with van der Waals surface area (Å²) in [5.74, 6) is 2.29. The van der Waals surface area contributed by atoms with Gasteiger partial charge in [0.05, 0.1) is 11.7 Å². The summed E-state index contributed by atoms with van der Waals surface area (Å²) in [6, 6.07) is 1.85. The number of hydrogen-bond acceptors (Lipinski definition) is 5. The molecule has 0 saturated carbocycles. The van der Waals surface area contributed by atoms with E-state index < -0.39 is 0 Å². The second kappa shape index (κ2) is 5.33. The smallest absolute Gasteiger partial charge is 0.134 e. The highest BCUT2D eigenvalue weighted by molar-refractivity contribution is 5.47. The van der Waals surface area contributed by atoms with Crippen LogP contribution in [0.25, 0.3) is 0 Å². The lowest BCUT2D eigenvalue weighted by atomic mass is 10.1. The van der Waals surface area contributed by atoms with Crippen molar-refractivity contribution in [3.05, 3.63) is 11.9 Å². The molecule has 0 radical (unpaired) electrons. The molecule has 5 nitrogen and oxygen atoms in total. The summed E-state index contributed by atoms with van der Waals surface area (Å²) in [6.07, 6.45) is 2.07. The van der Waals surface area contributed by atoms with Gasteiger partial charge in [0.2, 0.25) is 0 Å². The number of anilines is 2. The van der Waals surface area contributed by atoms with Crippen molar-refractivity contribution in [1.29, 1.82) is 0 Å². The first-order valence-corrected chi connectivity index (χ1v) is 6.96. The molecule has 2 heterocycles. The van der Waals surface area contributed by atoms with E-state index in [-0.39, 0.29) is 11.7 Å². The van der Waals surface area contributed by atoms with Crippen LogP contribution in [0.3, 0.4) is 0 Å². The second-order valence-electron chi connectivity index (χ2n) is 5.89. The Balaban J connectivity index is 2.25. The fourth-order valence-electron chi connectivity index (χ4n) is 2.63. The van der Waals surface area contributed by atoms with E-state index >= 15 is 0 Å². The number of hydrogen-bond donors (Lipinski definition) is 1. The van der Waals surface area contributed by atoms with E-state index in [1.165, 1.54) is 0 Å². The maximum absolute atomic E-state index is 5.92. The molecule has 1 unspecified atom stereocenters. The molecule has 2 rings (SSSR count). The van der Waals surface area contributed by atoms with Gasteiger partial charge in [0.15, 0.2) is 0 Å². The highest BCUT2D eigenvalue weighted by atomic mass is 16.5. The Morgan fingerprint density at radius 1 is 1.47 bits per heavy atom. The van der Waals surface area contributed by atoms with Crippen LogP contribution in [0.5, 0.6) is 0 Å². The lowest BCUT2D eigenvalue weighted by Crippen LogP contribution is -2.52. The highest BCUT2D eigenvalue weighted by Crippen LogP contribution is 2.25. The first-order chi connectivity index (χ1) is 8.89. The van der Waals surface area contributed by atoms with E-state index in [2.05, 4.69) is 42.6 Å². The molecule has 0 aromatic carbocycles. The fraction of sp³-hybridized carbons (Fsp3) is 0.714. The summed E-state index contributed by atoms with van der Waals surface area (Å²) in [4.78, 5) is 11.2. The number of ether oxygens (including phenoxy) is 1. The maximum atomic E-state index is 5.92. The van der Waals surface area contributed by atoms with E-state index in [9.17, 15) is 0 Å². The predicted molar refractivity (Wildman–Crippen MR) is 77.3 cm³/mol. The van der Waals surface area contributed by atoms with E-state index in [0.717, 1.165) is 37.6 Å². The Morgan fingerprint density at radius 2 is 2.21 bits per heavy atom. The van der Waals surface area contributed by atoms with Crippen LogP contribution in [0.4, 0.5) is 11.6 Å². The number of nitrogens with zero attached hydrogens (tertiary/aromatic N) is 3. The summed E-state index contributed by atoms with van der Waals surface area (Å²) < 4.78 is 5.92. The number of nitrogens with two attached hydrogens (primary N) is 1. The van der Waals surface area contributed by atoms with Crippen molar-refractivity contribution in [3.63, 3.8) is 0 Å². The van der Waals surface area contributed by atoms with Crippen molar-refractivity contribution in [2.45, 2.75) is 52.2 Å². The molecule has 5 heteroatoms. The molecular formula is C14H24N4O. The van der Waals surface area contributed by atoms with Crippen molar-refractivity contribution in [2.75, 3.05) is 23.7 Å². The van der Waals surface area contributed by atoms with Crippen LogP contribution in [-0.4, -0.2) is 34.8 Å². The molecule has 1 atom stereocenters. The summed E-state index contributed by atoms with van der Waals surface area (Å²) >= 11 is 0. The van der Waals surface area contributed by atoms with Crippen LogP contribution >= 0.6 is 0 Å². The average Bonchev–Trinajstić information content (AvgIpc) is 2.25. The molecule has 19 heavy (non-hydrogen) atoms. The van der Waals surface area contributed by atoms with Gasteiger partial charge in [-0.25, -0.2) is 9.97 Å². The Bertz CT molecular complexity index is 447. The lowest BCUT2D eigenvalue weighted by molar-refractivity contribution is -0.0751. The minimum Gasteiger partial charge on any atom is -0.384 e. The number of aromatic nitrogens is 2. The second-order valence-corrected chi connectivity index (χ2v) is 5.89. The van der Waals surface area contributed by atoms with Crippen LogP contribution < -0.4 is 10.6 Å². The Kier molecular flexibility index (Phi) is 3.94. The number of aryl methyl sites for hydroxylation is 1. The topological polar surface area (TPSA) is 64.3 Å². The Labute approximate surface area is 115 Å². The minimum absolute atomic E-state index is 0.164. The average molecular weight is 264 g/mol. The highest BCUT2D eigenvalue weighted by Gasteiger charge is 2.32. The van der Waals surface area contributed by atoms with Gasteiger partial charge in [-0.3, -0.25) is 0 Å². The third-order valence-electron chi connectivity index (χ3n) is 3.15. The number of nitrogen functional groups attached to an aromatic ring is 1. The van der Waals surface area contributed by atoms with Gasteiger partial charge in [0.1, 0.15) is 17.5 Å². The number of rotatable bonds is 3. The third kappa shape index (κ3) is 3.56. The number of morpholine rings is 1. The van der Waals surface area contributed by atoms with E-state index in [1.54, 1.807) is 0 Å². The SMILES string of the molecule is CCCc1nc(N)cc(N2CC(C)OC(C)(C)C2)n1. The monoisotopic (exact) mass is 264 g/mol. The van der Waals surface area contributed by atoms with Crippen LogP contribution in [0.15, 0.2) is 6.07 Å². The van der Waals surface area contributed by atoms with Crippen molar-refractivity contribution >= 4 is 11.6 Å². The van der Waals surface area contributed by atoms with Gasteiger partial charge in [-0.1, -0.05) is 6.92 Å². The van der Waals surface area contributed by atoms with Gasteiger partial charge >= 0.3 is 0 Å². The standard InChI is InChI=1S/C14H24N4O/c1-5-6-12-16-11(15)7-13(17-12)18-8-10(2)19-14(3,4)9-18/h7,10H,5-6,8-9H2,1-4H3,(H2,15,16,17). The summed E-state index contributed by atoms with van der Waals surface area (Å²) in [7, 11) is 0. The van der Waals surface area contributed by atoms with Crippen molar-refractivity contribution in [3.8, 4) is 0 Å². The summed E-state index contributed by atoms with van der Waals surface area (Å²) in [5, 5.41) is 0. The molecule has 1 saturated heterocycles. The van der Waals surface area contributed by atoms with Gasteiger partial charge in [0, 0.05) is 25.6 Å². The van der Waals surface area contributed by atoms with Crippen LogP contribution in [-0.2, 0) is 11.2 Å². The third-order valence-corrected chi connectivity index (χ3v) is 3.15. The molecule has 0 aliphatic carbocycles. The fourth-order valence-corrected chi connectivity index (χ4v) is 2.63. The molecule has 106 valence electrons. The van der Waals surface area contributed by atoms with Crippen LogP contribution in [0.1, 0.15) is 39.9 Å². The summed E-state index contributed by atoms with van der Waals surface area (Å²) in [6.45, 7) is 10.1. The maximum Gasteiger partial charge on any atom is 0.134 e. The molecule has 1 aliphatic heterocycles. The largest absolute Gasteiger partial charge is 0.384 e. The first kappa shape index (κ1) is 14.1. The van der Waals surface area contributed by atoms with E-state index in [4.69, 9.17) is 10.5 Å². The Hall–Kier alpha value is -1.36. The molecule has 0 amide bonds. The molecule has 1 fully saturated rings. The quantitative estimate of drug-likeness (QED) is 0.904. The summed E-state index contributed by atoms with van der Waals surface area (Å²) in [5.41, 5.74) is 5.73. The molecule has 2 N–H and O–H groups in total. The predicted octanol–water partition coefficient (Wildman–Crippen LogP) is 2.02. The normalized spacial score (nSPS) is 22.5. The zero-order valence-electron chi connectivity index (χ0n) is 12.3. The van der Waals surface area contributed by atoms with Gasteiger partial charge in [0.25, 0.3) is 0 Å². The van der Waals surface area contributed by atoms with Gasteiger partial charge in [-0.2, -0.15) is 0 Å². The minimum atomic E-state index is -0.164. The van der Waals surface area contributed by atoms with Crippen LogP contribution in [0, 0.1) is 0 Å². The first-order valence-electron chi connectivity index (χ1n) is 6.96. The zero-order chi connectivity index (χ0) is 14.0. The van der Waals surface area contributed by atoms with Gasteiger partial charge in [-0.15, -0.1) is 0 Å². The van der Waals surface area contributed by atoms with Crippen LogP contribution in [0.2, 0.25) is 0 Å². The molecule has 0 spiro atoms.